The summed E-state index contributed by atoms with van der Waals surface area (Å²) in [5, 5.41) is 0. The number of halogens is 1. The summed E-state index contributed by atoms with van der Waals surface area (Å²) in [5.74, 6) is -0.684. The molecule has 8 heteroatoms. The zero-order chi connectivity index (χ0) is 18.7. The monoisotopic (exact) mass is 381 g/mol. The first kappa shape index (κ1) is 18.9. The molecule has 1 aromatic carbocycles. The fourth-order valence-corrected chi connectivity index (χ4v) is 4.43. The molecule has 1 atom stereocenters. The number of ether oxygens (including phenoxy) is 1. The van der Waals surface area contributed by atoms with Crippen LogP contribution in [0, 0.1) is 5.82 Å². The third-order valence-electron chi connectivity index (χ3n) is 4.81. The summed E-state index contributed by atoms with van der Waals surface area (Å²) in [5.41, 5.74) is 1.05. The first-order valence-electron chi connectivity index (χ1n) is 8.61. The summed E-state index contributed by atoms with van der Waals surface area (Å²) in [6.07, 6.45) is 4.17. The lowest BCUT2D eigenvalue weighted by atomic mass is 10.2. The number of aromatic nitrogens is 1. The van der Waals surface area contributed by atoms with Crippen LogP contribution >= 0.6 is 0 Å². The predicted molar refractivity (Wildman–Crippen MR) is 97.1 cm³/mol. The van der Waals surface area contributed by atoms with Crippen LogP contribution in [0.5, 0.6) is 5.75 Å². The van der Waals surface area contributed by atoms with Gasteiger partial charge in [-0.15, -0.1) is 0 Å². The molecular formula is C18H24FN3O3S. The zero-order valence-electron chi connectivity index (χ0n) is 15.0. The predicted octanol–water partition coefficient (Wildman–Crippen LogP) is 2.29. The minimum atomic E-state index is -3.82. The number of sulfonamides is 1. The van der Waals surface area contributed by atoms with Gasteiger partial charge in [-0.3, -0.25) is 4.90 Å². The highest BCUT2D eigenvalue weighted by atomic mass is 32.2. The summed E-state index contributed by atoms with van der Waals surface area (Å²) in [7, 11) is -0.529. The van der Waals surface area contributed by atoms with Crippen molar-refractivity contribution < 1.29 is 17.5 Å². The molecule has 1 N–H and O–H groups in total. The van der Waals surface area contributed by atoms with E-state index in [1.165, 1.54) is 19.2 Å². The van der Waals surface area contributed by atoms with Gasteiger partial charge in [0.15, 0.2) is 11.6 Å². The molecule has 2 heterocycles. The van der Waals surface area contributed by atoms with Crippen LogP contribution in [0.15, 0.2) is 41.4 Å². The number of rotatable bonds is 7. The Morgan fingerprint density at radius 3 is 2.58 bits per heavy atom. The average Bonchev–Trinajstić information content (AvgIpc) is 3.28. The molecule has 0 amide bonds. The van der Waals surface area contributed by atoms with Crippen LogP contribution < -0.4 is 9.46 Å². The van der Waals surface area contributed by atoms with Gasteiger partial charge in [0, 0.05) is 25.5 Å². The highest BCUT2D eigenvalue weighted by Crippen LogP contribution is 2.26. The average molecular weight is 381 g/mol. The van der Waals surface area contributed by atoms with Crippen molar-refractivity contribution in [1.29, 1.82) is 0 Å². The van der Waals surface area contributed by atoms with Crippen molar-refractivity contribution in [1.82, 2.24) is 14.2 Å². The van der Waals surface area contributed by atoms with E-state index in [4.69, 9.17) is 4.74 Å². The Morgan fingerprint density at radius 2 is 2.00 bits per heavy atom. The lowest BCUT2D eigenvalue weighted by molar-refractivity contribution is 0.238. The van der Waals surface area contributed by atoms with Crippen molar-refractivity contribution in [2.75, 3.05) is 26.7 Å². The van der Waals surface area contributed by atoms with Gasteiger partial charge in [0.05, 0.1) is 18.0 Å². The van der Waals surface area contributed by atoms with E-state index in [-0.39, 0.29) is 23.2 Å². The molecule has 1 unspecified atom stereocenters. The molecule has 0 saturated carbocycles. The molecule has 142 valence electrons. The van der Waals surface area contributed by atoms with E-state index in [1.54, 1.807) is 0 Å². The Labute approximate surface area is 153 Å². The zero-order valence-corrected chi connectivity index (χ0v) is 15.8. The molecule has 1 aromatic heterocycles. The van der Waals surface area contributed by atoms with E-state index >= 15 is 0 Å². The van der Waals surface area contributed by atoms with Gasteiger partial charge in [0.2, 0.25) is 10.0 Å². The molecule has 0 bridgehead atoms. The second kappa shape index (κ2) is 7.77. The number of aryl methyl sites for hydroxylation is 1. The van der Waals surface area contributed by atoms with Crippen molar-refractivity contribution in [3.05, 3.63) is 48.0 Å². The molecular weight excluding hydrogens is 357 g/mol. The van der Waals surface area contributed by atoms with E-state index in [2.05, 4.69) is 9.62 Å². The summed E-state index contributed by atoms with van der Waals surface area (Å²) in [6.45, 7) is 2.11. The van der Waals surface area contributed by atoms with Crippen LogP contribution in [-0.4, -0.2) is 44.6 Å². The van der Waals surface area contributed by atoms with Gasteiger partial charge in [-0.2, -0.15) is 0 Å². The van der Waals surface area contributed by atoms with Crippen molar-refractivity contribution >= 4 is 10.0 Å². The summed E-state index contributed by atoms with van der Waals surface area (Å²) in [4.78, 5) is 2.18. The highest BCUT2D eigenvalue weighted by molar-refractivity contribution is 7.89. The van der Waals surface area contributed by atoms with Crippen LogP contribution in [-0.2, 0) is 17.1 Å². The lowest BCUT2D eigenvalue weighted by Crippen LogP contribution is -2.37. The third kappa shape index (κ3) is 3.92. The first-order chi connectivity index (χ1) is 12.4. The van der Waals surface area contributed by atoms with Crippen molar-refractivity contribution in [3.63, 3.8) is 0 Å². The molecule has 1 aliphatic rings. The molecule has 3 rings (SSSR count). The Hall–Kier alpha value is -1.90. The van der Waals surface area contributed by atoms with Gasteiger partial charge in [-0.05, 0) is 56.3 Å². The molecule has 1 fully saturated rings. The van der Waals surface area contributed by atoms with Gasteiger partial charge in [0.25, 0.3) is 0 Å². The highest BCUT2D eigenvalue weighted by Gasteiger charge is 2.27. The maximum absolute atomic E-state index is 13.9. The molecule has 0 aliphatic carbocycles. The van der Waals surface area contributed by atoms with E-state index in [9.17, 15) is 12.8 Å². The third-order valence-corrected chi connectivity index (χ3v) is 6.23. The fraction of sp³-hybridized carbons (Fsp3) is 0.444. The van der Waals surface area contributed by atoms with Gasteiger partial charge in [-0.25, -0.2) is 17.5 Å². The van der Waals surface area contributed by atoms with E-state index in [1.807, 2.05) is 29.9 Å². The number of methoxy groups -OCH3 is 1. The van der Waals surface area contributed by atoms with Crippen molar-refractivity contribution in [2.24, 2.45) is 7.05 Å². The Morgan fingerprint density at radius 1 is 1.27 bits per heavy atom. The summed E-state index contributed by atoms with van der Waals surface area (Å²) in [6, 6.07) is 7.54. The maximum atomic E-state index is 13.9. The molecule has 2 aromatic rings. The number of nitrogens with one attached hydrogen (secondary N) is 1. The van der Waals surface area contributed by atoms with E-state index in [0.717, 1.165) is 37.7 Å². The topological polar surface area (TPSA) is 63.6 Å². The van der Waals surface area contributed by atoms with Gasteiger partial charge < -0.3 is 9.30 Å². The Kier molecular flexibility index (Phi) is 5.64. The maximum Gasteiger partial charge on any atom is 0.240 e. The second-order valence-corrected chi connectivity index (χ2v) is 8.22. The fourth-order valence-electron chi connectivity index (χ4n) is 3.38. The quantitative estimate of drug-likeness (QED) is 0.799. The molecule has 1 aliphatic heterocycles. The number of nitrogens with zero attached hydrogens (tertiary/aromatic N) is 2. The number of hydrogen-bond acceptors (Lipinski definition) is 4. The SMILES string of the molecule is COc1ccc(S(=O)(=O)NCC(c2cccn2C)N2CCCC2)cc1F. The molecule has 1 saturated heterocycles. The minimum Gasteiger partial charge on any atom is -0.494 e. The van der Waals surface area contributed by atoms with Gasteiger partial charge in [-0.1, -0.05) is 0 Å². The Balaban J connectivity index is 1.79. The van der Waals surface area contributed by atoms with Crippen LogP contribution in [0.1, 0.15) is 24.6 Å². The minimum absolute atomic E-state index is 0.0164. The molecule has 0 spiro atoms. The smallest absolute Gasteiger partial charge is 0.240 e. The van der Waals surface area contributed by atoms with Crippen LogP contribution in [0.2, 0.25) is 0 Å². The van der Waals surface area contributed by atoms with Crippen LogP contribution in [0.4, 0.5) is 4.39 Å². The summed E-state index contributed by atoms with van der Waals surface area (Å²) >= 11 is 0. The standard InChI is InChI=1S/C18H24FN3O3S/c1-21-9-5-6-16(21)17(22-10-3-4-11-22)13-20-26(23,24)14-7-8-18(25-2)15(19)12-14/h5-9,12,17,20H,3-4,10-11,13H2,1-2H3. The number of likely N-dealkylation sites (tertiary alicyclic amines) is 1. The van der Waals surface area contributed by atoms with Gasteiger partial charge in [0.1, 0.15) is 0 Å². The number of benzene rings is 1. The lowest BCUT2D eigenvalue weighted by Gasteiger charge is -2.28. The Bertz CT molecular complexity index is 860. The first-order valence-corrected chi connectivity index (χ1v) is 10.1. The van der Waals surface area contributed by atoms with E-state index in [0.29, 0.717) is 0 Å². The van der Waals surface area contributed by atoms with Crippen molar-refractivity contribution in [3.8, 4) is 5.75 Å². The molecule has 26 heavy (non-hydrogen) atoms. The molecule has 0 radical (unpaired) electrons. The van der Waals surface area contributed by atoms with Crippen molar-refractivity contribution in [2.45, 2.75) is 23.8 Å². The second-order valence-electron chi connectivity index (χ2n) is 6.45. The molecule has 6 nitrogen and oxygen atoms in total. The van der Waals surface area contributed by atoms with Crippen LogP contribution in [0.3, 0.4) is 0 Å². The number of hydrogen-bond donors (Lipinski definition) is 1. The normalized spacial score (nSPS) is 16.7. The largest absolute Gasteiger partial charge is 0.494 e. The summed E-state index contributed by atoms with van der Waals surface area (Å²) < 4.78 is 48.6. The van der Waals surface area contributed by atoms with Gasteiger partial charge >= 0.3 is 0 Å². The van der Waals surface area contributed by atoms with E-state index < -0.39 is 15.8 Å². The van der Waals surface area contributed by atoms with Crippen LogP contribution in [0.25, 0.3) is 0 Å².